The standard InChI is InChI=1S/2C14H26O7S.Mg/c2*1-2-3-4-5-6-7-8-9-10-21-13(15)11-12(14(16)17)22(18,19)20;/h2*12H,2-11H2,1H3,(H,16,17)(H,18,19,20);/q;;+2/p-2. The van der Waals surface area contributed by atoms with Gasteiger partial charge in [-0.2, -0.15) is 8.42 Å². The van der Waals surface area contributed by atoms with E-state index in [0.29, 0.717) is 12.8 Å². The van der Waals surface area contributed by atoms with Gasteiger partial charge in [0.05, 0.1) is 37.3 Å². The topological polar surface area (TPSA) is 242 Å². The van der Waals surface area contributed by atoms with E-state index in [0.717, 1.165) is 38.5 Å². The van der Waals surface area contributed by atoms with E-state index in [4.69, 9.17) is 19.1 Å². The quantitative estimate of drug-likeness (QED) is 0.0571. The van der Waals surface area contributed by atoms with E-state index in [2.05, 4.69) is 13.8 Å². The van der Waals surface area contributed by atoms with Crippen molar-refractivity contribution in [3.05, 3.63) is 0 Å². The third-order valence-electron chi connectivity index (χ3n) is 6.47. The number of hydrogen-bond donors (Lipinski definition) is 2. The van der Waals surface area contributed by atoms with Crippen LogP contribution in [0.5, 0.6) is 0 Å². The third-order valence-corrected chi connectivity index (χ3v) is 8.62. The Hall–Kier alpha value is -1.53. The van der Waals surface area contributed by atoms with Crippen molar-refractivity contribution in [1.82, 2.24) is 0 Å². The molecule has 0 aliphatic heterocycles. The van der Waals surface area contributed by atoms with Crippen molar-refractivity contribution in [2.45, 2.75) is 140 Å². The van der Waals surface area contributed by atoms with Crippen LogP contribution in [0.1, 0.15) is 129 Å². The van der Waals surface area contributed by atoms with Crippen molar-refractivity contribution >= 4 is 67.2 Å². The molecule has 0 saturated heterocycles. The van der Waals surface area contributed by atoms with Crippen LogP contribution in [0.2, 0.25) is 0 Å². The molecule has 0 rings (SSSR count). The number of ether oxygens (including phenoxy) is 2. The summed E-state index contributed by atoms with van der Waals surface area (Å²) in [7, 11) is -9.93. The second kappa shape index (κ2) is 28.7. The minimum Gasteiger partial charge on any atom is -0.747 e. The van der Waals surface area contributed by atoms with Crippen molar-refractivity contribution in [2.75, 3.05) is 13.2 Å². The summed E-state index contributed by atoms with van der Waals surface area (Å²) < 4.78 is 71.8. The predicted octanol–water partition coefficient (Wildman–Crippen LogP) is 2.74. The fourth-order valence-corrected chi connectivity index (χ4v) is 5.07. The molecule has 0 aliphatic rings. The van der Waals surface area contributed by atoms with Gasteiger partial charge in [0.2, 0.25) is 0 Å². The molecule has 2 atom stereocenters. The number of carboxylic acid groups (broad SMARTS) is 2. The number of aliphatic carboxylic acids is 2. The molecule has 0 saturated carbocycles. The number of rotatable bonds is 26. The number of esters is 2. The maximum atomic E-state index is 11.4. The van der Waals surface area contributed by atoms with E-state index in [1.165, 1.54) is 51.4 Å². The van der Waals surface area contributed by atoms with Crippen molar-refractivity contribution in [1.29, 1.82) is 0 Å². The van der Waals surface area contributed by atoms with E-state index in [9.17, 15) is 45.7 Å². The zero-order valence-corrected chi connectivity index (χ0v) is 29.7. The van der Waals surface area contributed by atoms with E-state index >= 15 is 0 Å². The van der Waals surface area contributed by atoms with Gasteiger partial charge in [0, 0.05) is 0 Å². The van der Waals surface area contributed by atoms with Crippen LogP contribution in [-0.4, -0.2) is 102 Å². The Morgan fingerprint density at radius 2 is 0.933 bits per heavy atom. The Kier molecular flexibility index (Phi) is 30.5. The maximum absolute atomic E-state index is 11.4. The van der Waals surface area contributed by atoms with Crippen molar-refractivity contribution in [3.8, 4) is 0 Å². The Bertz CT molecular complexity index is 950. The van der Waals surface area contributed by atoms with Crippen molar-refractivity contribution < 1.29 is 64.8 Å². The minimum absolute atomic E-state index is 0. The molecule has 14 nitrogen and oxygen atoms in total. The molecule has 0 spiro atoms. The minimum atomic E-state index is -5.12. The van der Waals surface area contributed by atoms with Gasteiger partial charge in [0.15, 0.2) is 5.25 Å². The van der Waals surface area contributed by atoms with Gasteiger partial charge in [0.1, 0.15) is 10.1 Å². The summed E-state index contributed by atoms with van der Waals surface area (Å²) in [6, 6.07) is 0. The van der Waals surface area contributed by atoms with Crippen LogP contribution in [0.3, 0.4) is 0 Å². The van der Waals surface area contributed by atoms with Gasteiger partial charge in [-0.3, -0.25) is 18.9 Å². The molecule has 0 radical (unpaired) electrons. The summed E-state index contributed by atoms with van der Waals surface area (Å²) in [5.41, 5.74) is 0. The molecule has 45 heavy (non-hydrogen) atoms. The molecule has 2 N–H and O–H groups in total. The van der Waals surface area contributed by atoms with Crippen LogP contribution < -0.4 is 5.11 Å². The van der Waals surface area contributed by atoms with Crippen molar-refractivity contribution in [2.24, 2.45) is 0 Å². The van der Waals surface area contributed by atoms with Gasteiger partial charge in [0.25, 0.3) is 10.1 Å². The zero-order chi connectivity index (χ0) is 34.0. The van der Waals surface area contributed by atoms with Gasteiger partial charge < -0.3 is 29.0 Å². The number of carbonyl (C=O) groups excluding carboxylic acids is 3. The van der Waals surface area contributed by atoms with E-state index in [1.807, 2.05) is 0 Å². The summed E-state index contributed by atoms with van der Waals surface area (Å²) in [5.74, 6) is -5.81. The monoisotopic (exact) mass is 698 g/mol. The Balaban J connectivity index is -0.000000767. The maximum Gasteiger partial charge on any atom is 2.00 e. The largest absolute Gasteiger partial charge is 2.00 e. The molecule has 0 bridgehead atoms. The summed E-state index contributed by atoms with van der Waals surface area (Å²) in [5, 5.41) is 14.6. The SMILES string of the molecule is CCCCCCCCCCOC(=O)CC(C(=O)O)S(=O)(=O)O.CCCCCCCCCCOC(=O)CC(C(=O)[O-])S(=O)(=O)[O-].[Mg+2]. The Morgan fingerprint density at radius 1 is 0.622 bits per heavy atom. The first kappa shape index (κ1) is 47.9. The van der Waals surface area contributed by atoms with E-state index < -0.39 is 67.5 Å². The Labute approximate surface area is 284 Å². The summed E-state index contributed by atoms with van der Waals surface area (Å²) in [6.45, 7) is 4.53. The van der Waals surface area contributed by atoms with Crippen LogP contribution in [0, 0.1) is 0 Å². The first-order valence-corrected chi connectivity index (χ1v) is 18.2. The third kappa shape index (κ3) is 29.6. The summed E-state index contributed by atoms with van der Waals surface area (Å²) >= 11 is 0. The molecule has 0 aromatic heterocycles. The molecule has 0 fully saturated rings. The second-order valence-electron chi connectivity index (χ2n) is 10.4. The van der Waals surface area contributed by atoms with E-state index in [1.54, 1.807) is 0 Å². The predicted molar refractivity (Wildman–Crippen MR) is 164 cm³/mol. The number of carbonyl (C=O) groups is 4. The molecule has 17 heteroatoms. The van der Waals surface area contributed by atoms with Gasteiger partial charge in [-0.05, 0) is 12.8 Å². The number of unbranched alkanes of at least 4 members (excludes halogenated alkanes) is 14. The first-order chi connectivity index (χ1) is 20.6. The molecule has 260 valence electrons. The smallest absolute Gasteiger partial charge is 0.747 e. The molecule has 0 heterocycles. The van der Waals surface area contributed by atoms with E-state index in [-0.39, 0.29) is 36.3 Å². The second-order valence-corrected chi connectivity index (χ2v) is 13.6. The van der Waals surface area contributed by atoms with Gasteiger partial charge in [-0.15, -0.1) is 0 Å². The first-order valence-electron chi connectivity index (χ1n) is 15.2. The fourth-order valence-electron chi connectivity index (χ4n) is 3.89. The summed E-state index contributed by atoms with van der Waals surface area (Å²) in [4.78, 5) is 43.8. The van der Waals surface area contributed by atoms with Crippen LogP contribution in [0.15, 0.2) is 0 Å². The molecule has 0 aromatic carbocycles. The average Bonchev–Trinajstić information content (AvgIpc) is 2.91. The van der Waals surface area contributed by atoms with Crippen LogP contribution in [0.25, 0.3) is 0 Å². The molecule has 2 unspecified atom stereocenters. The molecular weight excluding hydrogens is 649 g/mol. The van der Waals surface area contributed by atoms with Gasteiger partial charge in [-0.1, -0.05) is 104 Å². The summed E-state index contributed by atoms with van der Waals surface area (Å²) in [6.07, 6.45) is 15.2. The average molecular weight is 699 g/mol. The van der Waals surface area contributed by atoms with Gasteiger partial charge >= 0.3 is 41.0 Å². The van der Waals surface area contributed by atoms with Crippen molar-refractivity contribution in [3.63, 3.8) is 0 Å². The molecular formula is C28H50MgO14S2. The fraction of sp³-hybridized carbons (Fsp3) is 0.857. The van der Waals surface area contributed by atoms with Crippen LogP contribution in [0.4, 0.5) is 0 Å². The van der Waals surface area contributed by atoms with Crippen LogP contribution >= 0.6 is 0 Å². The molecule has 0 aromatic rings. The number of carboxylic acids is 2. The zero-order valence-electron chi connectivity index (χ0n) is 26.6. The number of hydrogen-bond acceptors (Lipinski definition) is 12. The normalized spacial score (nSPS) is 12.5. The van der Waals surface area contributed by atoms with Gasteiger partial charge in [-0.25, -0.2) is 8.42 Å². The molecule has 0 aliphatic carbocycles. The van der Waals surface area contributed by atoms with Crippen LogP contribution in [-0.2, 0) is 48.9 Å². The molecule has 0 amide bonds. The Morgan fingerprint density at radius 3 is 1.20 bits per heavy atom.